The maximum Gasteiger partial charge on any atom is 0.322 e. The van der Waals surface area contributed by atoms with Crippen LogP contribution >= 0.6 is 0 Å². The van der Waals surface area contributed by atoms with Gasteiger partial charge in [-0.1, -0.05) is 0 Å². The van der Waals surface area contributed by atoms with Gasteiger partial charge in [0.25, 0.3) is 0 Å². The van der Waals surface area contributed by atoms with Gasteiger partial charge in [-0.05, 0) is 0 Å². The Kier molecular flexibility index (Phi) is 8.97. The first kappa shape index (κ1) is 16.7. The number of carbonyl (C=O) groups excluding carboxylic acids is 1. The molecule has 0 aliphatic rings. The van der Waals surface area contributed by atoms with Gasteiger partial charge >= 0.3 is 11.9 Å². The van der Waals surface area contributed by atoms with E-state index in [0.717, 1.165) is 0 Å². The lowest BCUT2D eigenvalue weighted by Gasteiger charge is -1.99. The lowest BCUT2D eigenvalue weighted by Crippen LogP contribution is -2.34. The number of primary amides is 1. The van der Waals surface area contributed by atoms with Crippen LogP contribution in [0.3, 0.4) is 0 Å². The van der Waals surface area contributed by atoms with E-state index in [4.69, 9.17) is 26.8 Å². The van der Waals surface area contributed by atoms with Gasteiger partial charge in [0.05, 0.1) is 13.0 Å². The van der Waals surface area contributed by atoms with Crippen molar-refractivity contribution in [3.8, 4) is 0 Å². The third kappa shape index (κ3) is 10.4. The lowest BCUT2D eigenvalue weighted by atomic mass is 10.2. The molecule has 0 radical (unpaired) electrons. The first-order valence-corrected chi connectivity index (χ1v) is 4.08. The topological polar surface area (TPSA) is 190 Å². The first-order valence-electron chi connectivity index (χ1n) is 4.08. The van der Waals surface area contributed by atoms with Gasteiger partial charge in [-0.3, -0.25) is 14.4 Å². The molecule has 9 heteroatoms. The summed E-state index contributed by atoms with van der Waals surface area (Å²) in [5.74, 6) is -3.10. The van der Waals surface area contributed by atoms with Crippen molar-refractivity contribution in [3.63, 3.8) is 0 Å². The van der Waals surface area contributed by atoms with Crippen LogP contribution in [0.4, 0.5) is 0 Å². The van der Waals surface area contributed by atoms with E-state index in [1.807, 2.05) is 0 Å². The van der Waals surface area contributed by atoms with Crippen molar-refractivity contribution < 1.29 is 29.7 Å². The van der Waals surface area contributed by atoms with Crippen LogP contribution in [-0.4, -0.2) is 51.9 Å². The largest absolute Gasteiger partial charge is 0.480 e. The molecule has 0 aromatic carbocycles. The highest BCUT2D eigenvalue weighted by Gasteiger charge is 2.13. The van der Waals surface area contributed by atoms with Gasteiger partial charge in [0.15, 0.2) is 0 Å². The van der Waals surface area contributed by atoms with E-state index in [0.29, 0.717) is 0 Å². The van der Waals surface area contributed by atoms with Crippen LogP contribution in [0.15, 0.2) is 0 Å². The molecule has 94 valence electrons. The third-order valence-corrected chi connectivity index (χ3v) is 1.25. The number of aliphatic carboxylic acids is 2. The molecule has 0 spiro atoms. The summed E-state index contributed by atoms with van der Waals surface area (Å²) in [5, 5.41) is 24.0. The fourth-order valence-corrected chi connectivity index (χ4v) is 0.382. The second-order valence-corrected chi connectivity index (χ2v) is 2.74. The Morgan fingerprint density at radius 3 is 1.44 bits per heavy atom. The molecule has 9 nitrogen and oxygen atoms in total. The average molecular weight is 237 g/mol. The Hall–Kier alpha value is -1.71. The zero-order chi connectivity index (χ0) is 13.3. The van der Waals surface area contributed by atoms with Crippen LogP contribution in [0, 0.1) is 0 Å². The molecule has 0 aliphatic heterocycles. The number of hydrogen-bond donors (Lipinski definition) is 6. The molecule has 0 rings (SSSR count). The van der Waals surface area contributed by atoms with Crippen molar-refractivity contribution in [2.45, 2.75) is 18.5 Å². The van der Waals surface area contributed by atoms with E-state index < -0.39 is 36.5 Å². The number of aliphatic hydroxyl groups is 1. The van der Waals surface area contributed by atoms with Crippen molar-refractivity contribution >= 4 is 17.8 Å². The highest BCUT2D eigenvalue weighted by molar-refractivity contribution is 5.83. The number of nitrogens with two attached hydrogens (primary N) is 3. The number of carboxylic acid groups (broad SMARTS) is 2. The van der Waals surface area contributed by atoms with E-state index in [2.05, 4.69) is 5.73 Å². The third-order valence-electron chi connectivity index (χ3n) is 1.25. The summed E-state index contributed by atoms with van der Waals surface area (Å²) < 4.78 is 0. The zero-order valence-corrected chi connectivity index (χ0v) is 8.37. The normalized spacial score (nSPS) is 12.9. The van der Waals surface area contributed by atoms with E-state index >= 15 is 0 Å². The fourth-order valence-electron chi connectivity index (χ4n) is 0.382. The number of carboxylic acids is 2. The Labute approximate surface area is 90.8 Å². The van der Waals surface area contributed by atoms with Crippen molar-refractivity contribution in [1.82, 2.24) is 0 Å². The van der Waals surface area contributed by atoms with Crippen LogP contribution in [0.2, 0.25) is 0 Å². The zero-order valence-electron chi connectivity index (χ0n) is 8.37. The summed E-state index contributed by atoms with van der Waals surface area (Å²) in [6, 6.07) is -2.29. The smallest absolute Gasteiger partial charge is 0.322 e. The second kappa shape index (κ2) is 8.59. The van der Waals surface area contributed by atoms with Gasteiger partial charge in [0.2, 0.25) is 5.91 Å². The van der Waals surface area contributed by atoms with Gasteiger partial charge in [0, 0.05) is 0 Å². The summed E-state index contributed by atoms with van der Waals surface area (Å²) in [7, 11) is 0. The minimum absolute atomic E-state index is 0.310. The Morgan fingerprint density at radius 1 is 1.00 bits per heavy atom. The summed E-state index contributed by atoms with van der Waals surface area (Å²) in [5.41, 5.74) is 14.3. The van der Waals surface area contributed by atoms with Crippen LogP contribution < -0.4 is 17.2 Å². The maximum absolute atomic E-state index is 9.99. The quantitative estimate of drug-likeness (QED) is 0.286. The highest BCUT2D eigenvalue weighted by atomic mass is 16.4. The summed E-state index contributed by atoms with van der Waals surface area (Å²) in [4.78, 5) is 29.5. The predicted octanol–water partition coefficient (Wildman–Crippen LogP) is -3.34. The molecular formula is C7H15N3O6. The molecule has 2 unspecified atom stereocenters. The average Bonchev–Trinajstić information content (AvgIpc) is 2.16. The number of rotatable bonds is 5. The van der Waals surface area contributed by atoms with Crippen LogP contribution in [0.5, 0.6) is 0 Å². The van der Waals surface area contributed by atoms with Crippen molar-refractivity contribution in [1.29, 1.82) is 0 Å². The molecule has 0 aromatic heterocycles. The van der Waals surface area contributed by atoms with Crippen molar-refractivity contribution in [2.24, 2.45) is 17.2 Å². The molecule has 1 amide bonds. The van der Waals surface area contributed by atoms with Crippen LogP contribution in [0.25, 0.3) is 0 Å². The Bertz CT molecular complexity index is 257. The molecular weight excluding hydrogens is 222 g/mol. The maximum atomic E-state index is 9.99. The summed E-state index contributed by atoms with van der Waals surface area (Å²) >= 11 is 0. The minimum atomic E-state index is -1.21. The van der Waals surface area contributed by atoms with Gasteiger partial charge in [-0.25, -0.2) is 0 Å². The molecule has 9 N–H and O–H groups in total. The molecule has 0 aliphatic carbocycles. The molecule has 2 atom stereocenters. The predicted molar refractivity (Wildman–Crippen MR) is 52.1 cm³/mol. The highest BCUT2D eigenvalue weighted by Crippen LogP contribution is 1.84. The number of amides is 1. The molecule has 16 heavy (non-hydrogen) atoms. The van der Waals surface area contributed by atoms with Crippen LogP contribution in [0.1, 0.15) is 6.42 Å². The van der Waals surface area contributed by atoms with E-state index in [9.17, 15) is 14.4 Å². The van der Waals surface area contributed by atoms with Gasteiger partial charge in [-0.2, -0.15) is 0 Å². The second-order valence-electron chi connectivity index (χ2n) is 2.74. The number of aliphatic hydroxyl groups excluding tert-OH is 1. The van der Waals surface area contributed by atoms with Gasteiger partial charge in [0.1, 0.15) is 12.1 Å². The van der Waals surface area contributed by atoms with E-state index in [1.54, 1.807) is 0 Å². The first-order chi connectivity index (χ1) is 7.22. The standard InChI is InChI=1S/C4H8N2O3.C3H7NO3/c5-2(4(8)9)1-3(6)7;4-2(1-5)3(6)7/h2H,1,5H2,(H2,6,7)(H,8,9);2,5H,1,4H2,(H,6,7). The molecule has 0 saturated carbocycles. The molecule has 0 bridgehead atoms. The molecule has 0 aromatic rings. The lowest BCUT2D eigenvalue weighted by molar-refractivity contribution is -0.140. The Morgan fingerprint density at radius 2 is 1.38 bits per heavy atom. The van der Waals surface area contributed by atoms with E-state index in [1.165, 1.54) is 0 Å². The summed E-state index contributed by atoms with van der Waals surface area (Å²) in [6.45, 7) is -0.505. The fraction of sp³-hybridized carbons (Fsp3) is 0.571. The minimum Gasteiger partial charge on any atom is -0.480 e. The monoisotopic (exact) mass is 237 g/mol. The summed E-state index contributed by atoms with van der Waals surface area (Å²) in [6.07, 6.45) is -0.310. The Balaban J connectivity index is 0. The van der Waals surface area contributed by atoms with Gasteiger partial charge in [-0.15, -0.1) is 0 Å². The molecule has 0 heterocycles. The van der Waals surface area contributed by atoms with Crippen LogP contribution in [-0.2, 0) is 14.4 Å². The van der Waals surface area contributed by atoms with Crippen molar-refractivity contribution in [2.75, 3.05) is 6.61 Å². The van der Waals surface area contributed by atoms with Crippen molar-refractivity contribution in [3.05, 3.63) is 0 Å². The van der Waals surface area contributed by atoms with E-state index in [-0.39, 0.29) is 6.42 Å². The number of carbonyl (C=O) groups is 3. The molecule has 0 saturated heterocycles. The number of hydrogen-bond acceptors (Lipinski definition) is 6. The SMILES string of the molecule is NC(=O)CC(N)C(=O)O.NC(CO)C(=O)O. The van der Waals surface area contributed by atoms with Gasteiger partial charge < -0.3 is 32.5 Å². The molecule has 0 fully saturated rings.